The highest BCUT2D eigenvalue weighted by Crippen LogP contribution is 2.21. The standard InChI is InChI=1S/C20H24N2O4/c1-4-25-11-12-26-18-9-6-16(7-10-18)20(24)22-17-8-5-14(2)19(13-17)21-15(3)23/h5-10,13H,4,11-12H2,1-3H3,(H,21,23)(H,22,24). The molecule has 2 amide bonds. The topological polar surface area (TPSA) is 76.7 Å². The van der Waals surface area contributed by atoms with Gasteiger partial charge in [-0.25, -0.2) is 0 Å². The molecule has 0 fully saturated rings. The number of rotatable bonds is 8. The van der Waals surface area contributed by atoms with Crippen molar-refractivity contribution in [2.75, 3.05) is 30.5 Å². The number of hydrogen-bond acceptors (Lipinski definition) is 4. The van der Waals surface area contributed by atoms with Crippen LogP contribution in [0.4, 0.5) is 11.4 Å². The Balaban J connectivity index is 1.98. The lowest BCUT2D eigenvalue weighted by molar-refractivity contribution is -0.114. The molecule has 0 heterocycles. The molecule has 2 aromatic rings. The number of hydrogen-bond donors (Lipinski definition) is 2. The van der Waals surface area contributed by atoms with E-state index < -0.39 is 0 Å². The fraction of sp³-hybridized carbons (Fsp3) is 0.300. The van der Waals surface area contributed by atoms with E-state index in [0.29, 0.717) is 42.5 Å². The lowest BCUT2D eigenvalue weighted by Gasteiger charge is -2.11. The molecule has 2 aromatic carbocycles. The first-order chi connectivity index (χ1) is 12.5. The van der Waals surface area contributed by atoms with E-state index in [2.05, 4.69) is 10.6 Å². The van der Waals surface area contributed by atoms with Gasteiger partial charge in [-0.05, 0) is 55.8 Å². The Morgan fingerprint density at radius 1 is 1.00 bits per heavy atom. The molecule has 2 rings (SSSR count). The van der Waals surface area contributed by atoms with Crippen molar-refractivity contribution in [1.82, 2.24) is 0 Å². The van der Waals surface area contributed by atoms with Gasteiger partial charge in [-0.3, -0.25) is 9.59 Å². The molecule has 0 aromatic heterocycles. The third kappa shape index (κ3) is 5.89. The zero-order valence-electron chi connectivity index (χ0n) is 15.3. The number of benzene rings is 2. The van der Waals surface area contributed by atoms with Gasteiger partial charge in [-0.2, -0.15) is 0 Å². The Morgan fingerprint density at radius 2 is 1.73 bits per heavy atom. The minimum absolute atomic E-state index is 0.156. The van der Waals surface area contributed by atoms with Gasteiger partial charge in [0.2, 0.25) is 5.91 Å². The summed E-state index contributed by atoms with van der Waals surface area (Å²) in [4.78, 5) is 23.6. The SMILES string of the molecule is CCOCCOc1ccc(C(=O)Nc2ccc(C)c(NC(C)=O)c2)cc1. The predicted octanol–water partition coefficient (Wildman–Crippen LogP) is 3.62. The molecule has 0 aliphatic heterocycles. The molecule has 0 saturated carbocycles. The molecule has 6 heteroatoms. The summed E-state index contributed by atoms with van der Waals surface area (Å²) in [6.45, 7) is 6.92. The second-order valence-corrected chi connectivity index (χ2v) is 5.73. The second kappa shape index (κ2) is 9.58. The van der Waals surface area contributed by atoms with Gasteiger partial charge >= 0.3 is 0 Å². The fourth-order valence-corrected chi connectivity index (χ4v) is 2.29. The van der Waals surface area contributed by atoms with Gasteiger partial charge < -0.3 is 20.1 Å². The van der Waals surface area contributed by atoms with Gasteiger partial charge in [0.05, 0.1) is 6.61 Å². The number of carbonyl (C=O) groups excluding carboxylic acids is 2. The maximum atomic E-state index is 12.4. The van der Waals surface area contributed by atoms with Crippen LogP contribution in [0.25, 0.3) is 0 Å². The van der Waals surface area contributed by atoms with Crippen LogP contribution in [-0.2, 0) is 9.53 Å². The smallest absolute Gasteiger partial charge is 0.255 e. The minimum atomic E-state index is -0.233. The highest BCUT2D eigenvalue weighted by molar-refractivity contribution is 6.04. The quantitative estimate of drug-likeness (QED) is 0.708. The molecular weight excluding hydrogens is 332 g/mol. The summed E-state index contributed by atoms with van der Waals surface area (Å²) >= 11 is 0. The van der Waals surface area contributed by atoms with Gasteiger partial charge in [0.1, 0.15) is 12.4 Å². The van der Waals surface area contributed by atoms with Gasteiger partial charge in [0.25, 0.3) is 5.91 Å². The van der Waals surface area contributed by atoms with Crippen LogP contribution in [0.1, 0.15) is 29.8 Å². The summed E-state index contributed by atoms with van der Waals surface area (Å²) in [6, 6.07) is 12.3. The first-order valence-corrected chi connectivity index (χ1v) is 8.49. The Hall–Kier alpha value is -2.86. The van der Waals surface area contributed by atoms with Crippen molar-refractivity contribution < 1.29 is 19.1 Å². The Labute approximate surface area is 153 Å². The molecule has 0 radical (unpaired) electrons. The molecule has 6 nitrogen and oxygen atoms in total. The van der Waals surface area contributed by atoms with Crippen LogP contribution in [0.15, 0.2) is 42.5 Å². The van der Waals surface area contributed by atoms with Crippen LogP contribution in [0.5, 0.6) is 5.75 Å². The van der Waals surface area contributed by atoms with Crippen LogP contribution < -0.4 is 15.4 Å². The van der Waals surface area contributed by atoms with Crippen molar-refractivity contribution in [2.45, 2.75) is 20.8 Å². The first kappa shape index (κ1) is 19.5. The monoisotopic (exact) mass is 356 g/mol. The van der Waals surface area contributed by atoms with Crippen molar-refractivity contribution in [2.24, 2.45) is 0 Å². The lowest BCUT2D eigenvalue weighted by atomic mass is 10.1. The molecule has 0 unspecified atom stereocenters. The summed E-state index contributed by atoms with van der Waals surface area (Å²) in [7, 11) is 0. The van der Waals surface area contributed by atoms with Crippen LogP contribution in [-0.4, -0.2) is 31.6 Å². The number of aryl methyl sites for hydroxylation is 1. The molecule has 0 spiro atoms. The normalized spacial score (nSPS) is 10.3. The third-order valence-corrected chi connectivity index (χ3v) is 3.62. The van der Waals surface area contributed by atoms with Crippen molar-refractivity contribution >= 4 is 23.2 Å². The average molecular weight is 356 g/mol. The van der Waals surface area contributed by atoms with E-state index in [9.17, 15) is 9.59 Å². The van der Waals surface area contributed by atoms with E-state index in [1.54, 1.807) is 36.4 Å². The molecule has 26 heavy (non-hydrogen) atoms. The summed E-state index contributed by atoms with van der Waals surface area (Å²) in [5, 5.41) is 5.57. The maximum Gasteiger partial charge on any atom is 0.255 e. The van der Waals surface area contributed by atoms with E-state index in [-0.39, 0.29) is 11.8 Å². The third-order valence-electron chi connectivity index (χ3n) is 3.62. The number of ether oxygens (including phenoxy) is 2. The van der Waals surface area contributed by atoms with Gasteiger partial charge in [0, 0.05) is 30.5 Å². The minimum Gasteiger partial charge on any atom is -0.491 e. The maximum absolute atomic E-state index is 12.4. The van der Waals surface area contributed by atoms with E-state index in [0.717, 1.165) is 5.56 Å². The van der Waals surface area contributed by atoms with Crippen molar-refractivity contribution in [3.8, 4) is 5.75 Å². The number of carbonyl (C=O) groups is 2. The van der Waals surface area contributed by atoms with Gasteiger partial charge in [0.15, 0.2) is 0 Å². The lowest BCUT2D eigenvalue weighted by Crippen LogP contribution is -2.13. The Bertz CT molecular complexity index is 757. The summed E-state index contributed by atoms with van der Waals surface area (Å²) in [6.07, 6.45) is 0. The second-order valence-electron chi connectivity index (χ2n) is 5.73. The highest BCUT2D eigenvalue weighted by Gasteiger charge is 2.08. The van der Waals surface area contributed by atoms with Crippen LogP contribution in [0.2, 0.25) is 0 Å². The molecule has 0 aliphatic carbocycles. The largest absolute Gasteiger partial charge is 0.491 e. The van der Waals surface area contributed by atoms with E-state index >= 15 is 0 Å². The molecule has 0 atom stereocenters. The predicted molar refractivity (Wildman–Crippen MR) is 102 cm³/mol. The fourth-order valence-electron chi connectivity index (χ4n) is 2.29. The van der Waals surface area contributed by atoms with Crippen LogP contribution in [0.3, 0.4) is 0 Å². The Morgan fingerprint density at radius 3 is 2.38 bits per heavy atom. The van der Waals surface area contributed by atoms with Crippen molar-refractivity contribution in [1.29, 1.82) is 0 Å². The molecule has 0 aliphatic rings. The summed E-state index contributed by atoms with van der Waals surface area (Å²) < 4.78 is 10.7. The summed E-state index contributed by atoms with van der Waals surface area (Å²) in [5.41, 5.74) is 2.73. The molecule has 0 bridgehead atoms. The van der Waals surface area contributed by atoms with Crippen molar-refractivity contribution in [3.63, 3.8) is 0 Å². The first-order valence-electron chi connectivity index (χ1n) is 8.49. The van der Waals surface area contributed by atoms with Crippen LogP contribution >= 0.6 is 0 Å². The van der Waals surface area contributed by atoms with Gasteiger partial charge in [-0.1, -0.05) is 6.07 Å². The highest BCUT2D eigenvalue weighted by atomic mass is 16.5. The van der Waals surface area contributed by atoms with Crippen LogP contribution in [0, 0.1) is 6.92 Å². The van der Waals surface area contributed by atoms with E-state index in [1.807, 2.05) is 19.9 Å². The van der Waals surface area contributed by atoms with Crippen molar-refractivity contribution in [3.05, 3.63) is 53.6 Å². The van der Waals surface area contributed by atoms with E-state index in [4.69, 9.17) is 9.47 Å². The number of amides is 2. The number of anilines is 2. The molecule has 2 N–H and O–H groups in total. The summed E-state index contributed by atoms with van der Waals surface area (Å²) in [5.74, 6) is 0.296. The zero-order chi connectivity index (χ0) is 18.9. The van der Waals surface area contributed by atoms with E-state index in [1.165, 1.54) is 6.92 Å². The molecular formula is C20H24N2O4. The molecule has 0 saturated heterocycles. The molecule has 138 valence electrons. The zero-order valence-corrected chi connectivity index (χ0v) is 15.3. The van der Waals surface area contributed by atoms with Gasteiger partial charge in [-0.15, -0.1) is 0 Å². The number of nitrogens with one attached hydrogen (secondary N) is 2. The average Bonchev–Trinajstić information content (AvgIpc) is 2.61. The Kier molecular flexibility index (Phi) is 7.17.